The standard InChI is InChI=1S/C22H38O2Si/c1-9-10-11-12-13-18(2)21(24-25(7,8)22(3,4)5)19-14-16-20(23-6)17-15-19/h14-17,21H,2,9-13H2,1,3-8H3. The van der Waals surface area contributed by atoms with Gasteiger partial charge in [-0.25, -0.2) is 0 Å². The zero-order valence-electron chi connectivity index (χ0n) is 17.4. The Morgan fingerprint density at radius 3 is 2.16 bits per heavy atom. The average Bonchev–Trinajstić information content (AvgIpc) is 2.55. The van der Waals surface area contributed by atoms with Crippen LogP contribution in [0.1, 0.15) is 71.5 Å². The maximum atomic E-state index is 6.78. The Balaban J connectivity index is 2.98. The molecule has 2 nitrogen and oxygen atoms in total. The largest absolute Gasteiger partial charge is 0.497 e. The molecule has 0 heterocycles. The highest BCUT2D eigenvalue weighted by Crippen LogP contribution is 2.42. The highest BCUT2D eigenvalue weighted by molar-refractivity contribution is 6.74. The molecule has 0 spiro atoms. The van der Waals surface area contributed by atoms with E-state index in [-0.39, 0.29) is 11.1 Å². The first kappa shape index (κ1) is 22.0. The first-order valence-electron chi connectivity index (χ1n) is 9.62. The summed E-state index contributed by atoms with van der Waals surface area (Å²) in [5, 5.41) is 0.181. The molecular formula is C22H38O2Si. The number of rotatable bonds is 10. The summed E-state index contributed by atoms with van der Waals surface area (Å²) in [5.74, 6) is 0.878. The number of unbranched alkanes of at least 4 members (excludes halogenated alkanes) is 3. The highest BCUT2D eigenvalue weighted by Gasteiger charge is 2.39. The van der Waals surface area contributed by atoms with E-state index in [1.165, 1.54) is 36.8 Å². The van der Waals surface area contributed by atoms with Crippen LogP contribution < -0.4 is 4.74 Å². The Hall–Kier alpha value is -1.06. The third kappa shape index (κ3) is 6.63. The summed E-state index contributed by atoms with van der Waals surface area (Å²) in [6, 6.07) is 8.27. The summed E-state index contributed by atoms with van der Waals surface area (Å²) < 4.78 is 12.1. The van der Waals surface area contributed by atoms with E-state index in [0.717, 1.165) is 12.2 Å². The molecule has 0 aromatic heterocycles. The van der Waals surface area contributed by atoms with Crippen molar-refractivity contribution < 1.29 is 9.16 Å². The van der Waals surface area contributed by atoms with Gasteiger partial charge in [0.15, 0.2) is 8.32 Å². The van der Waals surface area contributed by atoms with Crippen LogP contribution in [0.4, 0.5) is 0 Å². The molecule has 0 aliphatic rings. The third-order valence-corrected chi connectivity index (χ3v) is 9.80. The quantitative estimate of drug-likeness (QED) is 0.247. The second kappa shape index (κ2) is 9.58. The molecular weight excluding hydrogens is 324 g/mol. The molecule has 142 valence electrons. The van der Waals surface area contributed by atoms with Gasteiger partial charge in [-0.3, -0.25) is 0 Å². The monoisotopic (exact) mass is 362 g/mol. The van der Waals surface area contributed by atoms with Gasteiger partial charge in [-0.1, -0.05) is 65.7 Å². The van der Waals surface area contributed by atoms with Crippen molar-refractivity contribution in [2.45, 2.75) is 84.0 Å². The first-order chi connectivity index (χ1) is 11.6. The van der Waals surface area contributed by atoms with Gasteiger partial charge >= 0.3 is 0 Å². The lowest BCUT2D eigenvalue weighted by Gasteiger charge is -2.40. The Labute approximate surface area is 156 Å². The van der Waals surface area contributed by atoms with Crippen molar-refractivity contribution in [3.05, 3.63) is 42.0 Å². The molecule has 0 saturated carbocycles. The van der Waals surface area contributed by atoms with Crippen molar-refractivity contribution in [1.82, 2.24) is 0 Å². The minimum Gasteiger partial charge on any atom is -0.497 e. The molecule has 0 N–H and O–H groups in total. The zero-order valence-corrected chi connectivity index (χ0v) is 18.4. The van der Waals surface area contributed by atoms with Crippen molar-refractivity contribution in [1.29, 1.82) is 0 Å². The Kier molecular flexibility index (Phi) is 8.43. The van der Waals surface area contributed by atoms with Crippen molar-refractivity contribution in [3.8, 4) is 5.75 Å². The number of ether oxygens (including phenoxy) is 1. The fourth-order valence-electron chi connectivity index (χ4n) is 2.55. The molecule has 0 aliphatic carbocycles. The zero-order chi connectivity index (χ0) is 19.1. The van der Waals surface area contributed by atoms with Gasteiger partial charge in [-0.05, 0) is 54.2 Å². The second-order valence-electron chi connectivity index (χ2n) is 8.50. The third-order valence-electron chi connectivity index (χ3n) is 5.36. The average molecular weight is 363 g/mol. The molecule has 1 aromatic carbocycles. The van der Waals surface area contributed by atoms with Crippen LogP contribution in [0.3, 0.4) is 0 Å². The Morgan fingerprint density at radius 2 is 1.68 bits per heavy atom. The van der Waals surface area contributed by atoms with Gasteiger partial charge in [0.1, 0.15) is 5.75 Å². The van der Waals surface area contributed by atoms with Crippen molar-refractivity contribution in [2.24, 2.45) is 0 Å². The van der Waals surface area contributed by atoms with Gasteiger partial charge in [0.05, 0.1) is 13.2 Å². The van der Waals surface area contributed by atoms with Crippen molar-refractivity contribution >= 4 is 8.32 Å². The molecule has 1 atom stereocenters. The smallest absolute Gasteiger partial charge is 0.193 e. The van der Waals surface area contributed by atoms with Crippen LogP contribution in [0.25, 0.3) is 0 Å². The molecule has 1 aromatic rings. The predicted molar refractivity (Wildman–Crippen MR) is 112 cm³/mol. The summed E-state index contributed by atoms with van der Waals surface area (Å²) in [5.41, 5.74) is 2.39. The second-order valence-corrected chi connectivity index (χ2v) is 13.3. The summed E-state index contributed by atoms with van der Waals surface area (Å²) in [6.07, 6.45) is 6.03. The molecule has 25 heavy (non-hydrogen) atoms. The molecule has 0 fully saturated rings. The number of methoxy groups -OCH3 is 1. The Bertz CT molecular complexity index is 526. The molecule has 0 radical (unpaired) electrons. The van der Waals surface area contributed by atoms with Gasteiger partial charge in [0.2, 0.25) is 0 Å². The van der Waals surface area contributed by atoms with Gasteiger partial charge in [-0.2, -0.15) is 0 Å². The summed E-state index contributed by atoms with van der Waals surface area (Å²) in [7, 11) is -0.182. The molecule has 0 bridgehead atoms. The normalized spacial score (nSPS) is 13.6. The molecule has 0 amide bonds. The molecule has 0 aliphatic heterocycles. The molecule has 1 rings (SSSR count). The topological polar surface area (TPSA) is 18.5 Å². The van der Waals surface area contributed by atoms with E-state index >= 15 is 0 Å². The highest BCUT2D eigenvalue weighted by atomic mass is 28.4. The van der Waals surface area contributed by atoms with Crippen LogP contribution in [-0.2, 0) is 4.43 Å². The maximum absolute atomic E-state index is 6.78. The van der Waals surface area contributed by atoms with E-state index in [1.807, 2.05) is 12.1 Å². The fourth-order valence-corrected chi connectivity index (χ4v) is 3.79. The van der Waals surface area contributed by atoms with Crippen LogP contribution in [0.15, 0.2) is 36.4 Å². The van der Waals surface area contributed by atoms with Gasteiger partial charge < -0.3 is 9.16 Å². The van der Waals surface area contributed by atoms with E-state index in [1.54, 1.807) is 7.11 Å². The van der Waals surface area contributed by atoms with Crippen LogP contribution in [0.2, 0.25) is 18.1 Å². The van der Waals surface area contributed by atoms with Crippen LogP contribution in [-0.4, -0.2) is 15.4 Å². The van der Waals surface area contributed by atoms with E-state index in [2.05, 4.69) is 59.5 Å². The lowest BCUT2D eigenvalue weighted by atomic mass is 9.98. The lowest BCUT2D eigenvalue weighted by molar-refractivity contribution is 0.213. The molecule has 0 saturated heterocycles. The summed E-state index contributed by atoms with van der Waals surface area (Å²) in [6.45, 7) is 18.1. The van der Waals surface area contributed by atoms with E-state index < -0.39 is 8.32 Å². The summed E-state index contributed by atoms with van der Waals surface area (Å²) in [4.78, 5) is 0. The Morgan fingerprint density at radius 1 is 1.08 bits per heavy atom. The minimum atomic E-state index is -1.88. The summed E-state index contributed by atoms with van der Waals surface area (Å²) >= 11 is 0. The van der Waals surface area contributed by atoms with E-state index in [0.29, 0.717) is 0 Å². The van der Waals surface area contributed by atoms with Crippen molar-refractivity contribution in [2.75, 3.05) is 7.11 Å². The molecule has 1 unspecified atom stereocenters. The van der Waals surface area contributed by atoms with Gasteiger partial charge in [0.25, 0.3) is 0 Å². The fraction of sp³-hybridized carbons (Fsp3) is 0.636. The van der Waals surface area contributed by atoms with E-state index in [9.17, 15) is 0 Å². The maximum Gasteiger partial charge on any atom is 0.193 e. The lowest BCUT2D eigenvalue weighted by Crippen LogP contribution is -2.42. The van der Waals surface area contributed by atoms with Crippen molar-refractivity contribution in [3.63, 3.8) is 0 Å². The minimum absolute atomic E-state index is 0.0200. The van der Waals surface area contributed by atoms with Gasteiger partial charge in [-0.15, -0.1) is 0 Å². The number of benzene rings is 1. The van der Waals surface area contributed by atoms with Gasteiger partial charge in [0, 0.05) is 0 Å². The van der Waals surface area contributed by atoms with E-state index in [4.69, 9.17) is 9.16 Å². The predicted octanol–water partition coefficient (Wildman–Crippen LogP) is 7.28. The number of hydrogen-bond acceptors (Lipinski definition) is 2. The van der Waals surface area contributed by atoms with Crippen LogP contribution in [0.5, 0.6) is 5.75 Å². The SMILES string of the molecule is C=C(CCCCCC)C(O[Si](C)(C)C(C)(C)C)c1ccc(OC)cc1. The molecule has 3 heteroatoms. The first-order valence-corrected chi connectivity index (χ1v) is 12.5. The van der Waals surface area contributed by atoms with Crippen LogP contribution in [0, 0.1) is 0 Å². The number of hydrogen-bond donors (Lipinski definition) is 0. The van der Waals surface area contributed by atoms with Crippen LogP contribution >= 0.6 is 0 Å².